The lowest BCUT2D eigenvalue weighted by molar-refractivity contribution is 0.0950. The van der Waals surface area contributed by atoms with E-state index in [1.807, 2.05) is 20.2 Å². The van der Waals surface area contributed by atoms with Gasteiger partial charge in [-0.3, -0.25) is 9.48 Å². The molecule has 0 radical (unpaired) electrons. The lowest BCUT2D eigenvalue weighted by Gasteiger charge is -2.00. The zero-order chi connectivity index (χ0) is 14.5. The second-order valence-corrected chi connectivity index (χ2v) is 5.41. The summed E-state index contributed by atoms with van der Waals surface area (Å²) >= 11 is 1.26. The maximum Gasteiger partial charge on any atom is 0.282 e. The van der Waals surface area contributed by atoms with Crippen molar-refractivity contribution in [2.75, 3.05) is 11.9 Å². The predicted octanol–water partition coefficient (Wildman–Crippen LogP) is 1.33. The molecule has 0 bridgehead atoms. The monoisotopic (exact) mass is 294 g/mol. The second-order valence-electron chi connectivity index (χ2n) is 4.44. The van der Waals surface area contributed by atoms with Gasteiger partial charge in [-0.1, -0.05) is 18.3 Å². The number of aryl methyl sites for hydroxylation is 2. The van der Waals surface area contributed by atoms with E-state index in [1.165, 1.54) is 11.3 Å². The van der Waals surface area contributed by atoms with Gasteiger partial charge in [0, 0.05) is 31.9 Å². The first kappa shape index (κ1) is 14.4. The smallest absolute Gasteiger partial charge is 0.282 e. The summed E-state index contributed by atoms with van der Waals surface area (Å²) in [5, 5.41) is 19.0. The Bertz CT molecular complexity index is 591. The number of carbonyl (C=O) groups is 1. The van der Waals surface area contributed by atoms with E-state index in [2.05, 4.69) is 32.9 Å². The highest BCUT2D eigenvalue weighted by molar-refractivity contribution is 7.17. The molecule has 0 fully saturated rings. The summed E-state index contributed by atoms with van der Waals surface area (Å²) in [5.74, 6) is -0.213. The number of nitrogens with one attached hydrogen (secondary N) is 2. The molecule has 0 unspecified atom stereocenters. The Morgan fingerprint density at radius 3 is 2.90 bits per heavy atom. The van der Waals surface area contributed by atoms with Gasteiger partial charge in [-0.25, -0.2) is 0 Å². The highest BCUT2D eigenvalue weighted by atomic mass is 32.1. The van der Waals surface area contributed by atoms with Gasteiger partial charge < -0.3 is 10.6 Å². The van der Waals surface area contributed by atoms with Crippen LogP contribution in [0, 0.1) is 6.92 Å². The van der Waals surface area contributed by atoms with Gasteiger partial charge in [0.2, 0.25) is 10.1 Å². The summed E-state index contributed by atoms with van der Waals surface area (Å²) in [5.41, 5.74) is 1.91. The summed E-state index contributed by atoms with van der Waals surface area (Å²) in [4.78, 5) is 12.0. The molecule has 0 aliphatic heterocycles. The fraction of sp³-hybridized carbons (Fsp3) is 0.500. The largest absolute Gasteiger partial charge is 0.360 e. The predicted molar refractivity (Wildman–Crippen MR) is 77.8 cm³/mol. The molecule has 2 aromatic heterocycles. The molecule has 0 atom stereocenters. The van der Waals surface area contributed by atoms with Gasteiger partial charge in [-0.2, -0.15) is 5.10 Å². The molecule has 0 aromatic carbocycles. The van der Waals surface area contributed by atoms with Crippen LogP contribution in [0.1, 0.15) is 34.4 Å². The molecular weight excluding hydrogens is 276 g/mol. The summed E-state index contributed by atoms with van der Waals surface area (Å²) in [6, 6.07) is 0. The lowest BCUT2D eigenvalue weighted by atomic mass is 10.2. The van der Waals surface area contributed by atoms with Gasteiger partial charge in [0.25, 0.3) is 5.91 Å². The SMILES string of the molecule is CCCNc1nnc(C(=O)NCc2cn(C)nc2C)s1. The van der Waals surface area contributed by atoms with E-state index in [-0.39, 0.29) is 5.91 Å². The van der Waals surface area contributed by atoms with Gasteiger partial charge in [-0.05, 0) is 13.3 Å². The Balaban J connectivity index is 1.91. The summed E-state index contributed by atoms with van der Waals surface area (Å²) in [7, 11) is 1.86. The Morgan fingerprint density at radius 2 is 2.25 bits per heavy atom. The van der Waals surface area contributed by atoms with Gasteiger partial charge in [-0.15, -0.1) is 10.2 Å². The molecule has 0 aliphatic rings. The number of aromatic nitrogens is 4. The Labute approximate surface area is 121 Å². The normalized spacial score (nSPS) is 10.6. The van der Waals surface area contributed by atoms with Crippen LogP contribution in [0.5, 0.6) is 0 Å². The molecule has 2 heterocycles. The van der Waals surface area contributed by atoms with Crippen LogP contribution in [-0.4, -0.2) is 32.4 Å². The molecule has 108 valence electrons. The van der Waals surface area contributed by atoms with Crippen molar-refractivity contribution in [3.63, 3.8) is 0 Å². The molecule has 0 saturated heterocycles. The number of hydrogen-bond donors (Lipinski definition) is 2. The number of hydrogen-bond acceptors (Lipinski definition) is 6. The van der Waals surface area contributed by atoms with Gasteiger partial charge in [0.15, 0.2) is 0 Å². The van der Waals surface area contributed by atoms with Crippen molar-refractivity contribution in [2.24, 2.45) is 7.05 Å². The number of nitrogens with zero attached hydrogens (tertiary/aromatic N) is 4. The van der Waals surface area contributed by atoms with Crippen LogP contribution < -0.4 is 10.6 Å². The van der Waals surface area contributed by atoms with E-state index in [0.717, 1.165) is 24.2 Å². The highest BCUT2D eigenvalue weighted by Gasteiger charge is 2.13. The average Bonchev–Trinajstić information content (AvgIpc) is 3.00. The van der Waals surface area contributed by atoms with Crippen molar-refractivity contribution in [1.29, 1.82) is 0 Å². The molecule has 0 aliphatic carbocycles. The second kappa shape index (κ2) is 6.47. The summed E-state index contributed by atoms with van der Waals surface area (Å²) in [6.45, 7) is 5.25. The van der Waals surface area contributed by atoms with Gasteiger partial charge in [0.1, 0.15) is 0 Å². The van der Waals surface area contributed by atoms with Crippen LogP contribution in [0.25, 0.3) is 0 Å². The minimum absolute atomic E-state index is 0.213. The fourth-order valence-electron chi connectivity index (χ4n) is 1.69. The maximum absolute atomic E-state index is 12.0. The molecule has 7 nitrogen and oxygen atoms in total. The van der Waals surface area contributed by atoms with Crippen molar-refractivity contribution in [3.8, 4) is 0 Å². The van der Waals surface area contributed by atoms with E-state index < -0.39 is 0 Å². The van der Waals surface area contributed by atoms with Crippen molar-refractivity contribution in [1.82, 2.24) is 25.3 Å². The standard InChI is InChI=1S/C12H18N6OS/c1-4-5-13-12-16-15-11(20-12)10(19)14-6-9-7-18(3)17-8(9)2/h7H,4-6H2,1-3H3,(H,13,16)(H,14,19). The van der Waals surface area contributed by atoms with Crippen molar-refractivity contribution in [2.45, 2.75) is 26.8 Å². The summed E-state index contributed by atoms with van der Waals surface area (Å²) in [6.07, 6.45) is 2.89. The third kappa shape index (κ3) is 3.53. The van der Waals surface area contributed by atoms with E-state index in [1.54, 1.807) is 4.68 Å². The first-order valence-electron chi connectivity index (χ1n) is 6.45. The molecule has 2 N–H and O–H groups in total. The van der Waals surface area contributed by atoms with Gasteiger partial charge in [0.05, 0.1) is 5.69 Å². The topological polar surface area (TPSA) is 84.7 Å². The first-order valence-corrected chi connectivity index (χ1v) is 7.26. The highest BCUT2D eigenvalue weighted by Crippen LogP contribution is 2.15. The minimum atomic E-state index is -0.213. The lowest BCUT2D eigenvalue weighted by Crippen LogP contribution is -2.22. The zero-order valence-corrected chi connectivity index (χ0v) is 12.6. The molecule has 0 saturated carbocycles. The Hall–Kier alpha value is -1.96. The van der Waals surface area contributed by atoms with Crippen molar-refractivity contribution >= 4 is 22.4 Å². The van der Waals surface area contributed by atoms with E-state index in [4.69, 9.17) is 0 Å². The van der Waals surface area contributed by atoms with E-state index >= 15 is 0 Å². The van der Waals surface area contributed by atoms with E-state index in [9.17, 15) is 4.79 Å². The zero-order valence-electron chi connectivity index (χ0n) is 11.8. The quantitative estimate of drug-likeness (QED) is 0.839. The molecule has 2 aromatic rings. The van der Waals surface area contributed by atoms with Crippen LogP contribution >= 0.6 is 11.3 Å². The molecule has 8 heteroatoms. The van der Waals surface area contributed by atoms with Crippen LogP contribution in [-0.2, 0) is 13.6 Å². The van der Waals surface area contributed by atoms with Crippen LogP contribution in [0.2, 0.25) is 0 Å². The van der Waals surface area contributed by atoms with Crippen LogP contribution in [0.15, 0.2) is 6.20 Å². The molecule has 1 amide bonds. The third-order valence-corrected chi connectivity index (χ3v) is 3.58. The molecule has 20 heavy (non-hydrogen) atoms. The fourth-order valence-corrected chi connectivity index (χ4v) is 2.38. The van der Waals surface area contributed by atoms with Crippen LogP contribution in [0.3, 0.4) is 0 Å². The Kier molecular flexibility index (Phi) is 4.67. The minimum Gasteiger partial charge on any atom is -0.360 e. The molecule has 2 rings (SSSR count). The van der Waals surface area contributed by atoms with Gasteiger partial charge >= 0.3 is 0 Å². The number of anilines is 1. The number of rotatable bonds is 6. The first-order chi connectivity index (χ1) is 9.60. The van der Waals surface area contributed by atoms with Crippen molar-refractivity contribution in [3.05, 3.63) is 22.5 Å². The van der Waals surface area contributed by atoms with Crippen LogP contribution in [0.4, 0.5) is 5.13 Å². The third-order valence-electron chi connectivity index (χ3n) is 2.70. The summed E-state index contributed by atoms with van der Waals surface area (Å²) < 4.78 is 1.73. The molecule has 0 spiro atoms. The Morgan fingerprint density at radius 1 is 1.45 bits per heavy atom. The van der Waals surface area contributed by atoms with Crippen molar-refractivity contribution < 1.29 is 4.79 Å². The average molecular weight is 294 g/mol. The number of carbonyl (C=O) groups excluding carboxylic acids is 1. The maximum atomic E-state index is 12.0. The molecular formula is C12H18N6OS. The number of amides is 1. The van der Waals surface area contributed by atoms with E-state index in [0.29, 0.717) is 16.7 Å².